The van der Waals surface area contributed by atoms with Gasteiger partial charge in [0.2, 0.25) is 0 Å². The molecular weight excluding hydrogens is 514 g/mol. The van der Waals surface area contributed by atoms with Crippen LogP contribution in [-0.4, -0.2) is 20.4 Å². The molecule has 0 fully saturated rings. The third-order valence-electron chi connectivity index (χ3n) is 6.06. The first-order valence-corrected chi connectivity index (χ1v) is 12.2. The van der Waals surface area contributed by atoms with Crippen LogP contribution in [0.3, 0.4) is 0 Å². The van der Waals surface area contributed by atoms with Crippen LogP contribution in [0.25, 0.3) is 10.9 Å². The van der Waals surface area contributed by atoms with Gasteiger partial charge in [0, 0.05) is 70.4 Å². The van der Waals surface area contributed by atoms with Gasteiger partial charge in [-0.15, -0.1) is 0 Å². The van der Waals surface area contributed by atoms with E-state index in [1.807, 2.05) is 18.2 Å². The summed E-state index contributed by atoms with van der Waals surface area (Å²) in [7, 11) is 0. The second kappa shape index (κ2) is 10.6. The standard InChI is InChI=1S/C28H21Cl2FN4O2/c29-23-10-17(4-5-19(23)16-35-8-2-1-3-27(35)36)9-21-11-18(6-7-32-21)28(37)34-14-20-12-22-24(30)15-33-26(22)13-25(20)31/h1-8,10-13,15,33H,9,14,16H2,(H,34,37). The second-order valence-corrected chi connectivity index (χ2v) is 9.43. The smallest absolute Gasteiger partial charge is 0.251 e. The van der Waals surface area contributed by atoms with E-state index in [2.05, 4.69) is 15.3 Å². The highest BCUT2D eigenvalue weighted by Crippen LogP contribution is 2.26. The number of carbonyl (C=O) groups excluding carboxylic acids is 1. The number of nitrogens with one attached hydrogen (secondary N) is 2. The predicted octanol–water partition coefficient (Wildman–Crippen LogP) is 5.74. The number of halogens is 3. The van der Waals surface area contributed by atoms with Crippen LogP contribution in [0.15, 0.2) is 84.0 Å². The zero-order valence-electron chi connectivity index (χ0n) is 19.5. The number of amides is 1. The fourth-order valence-corrected chi connectivity index (χ4v) is 4.57. The van der Waals surface area contributed by atoms with Crippen molar-refractivity contribution in [2.45, 2.75) is 19.5 Å². The number of hydrogen-bond acceptors (Lipinski definition) is 3. The maximum absolute atomic E-state index is 14.4. The van der Waals surface area contributed by atoms with Crippen molar-refractivity contribution in [2.75, 3.05) is 0 Å². The molecule has 3 aromatic heterocycles. The molecule has 3 heterocycles. The Kier molecular flexibility index (Phi) is 7.08. The van der Waals surface area contributed by atoms with Crippen molar-refractivity contribution in [3.8, 4) is 0 Å². The lowest BCUT2D eigenvalue weighted by atomic mass is 10.1. The third-order valence-corrected chi connectivity index (χ3v) is 6.72. The maximum atomic E-state index is 14.4. The molecule has 6 nitrogen and oxygen atoms in total. The Morgan fingerprint density at radius 1 is 1.03 bits per heavy atom. The van der Waals surface area contributed by atoms with Gasteiger partial charge in [0.05, 0.1) is 11.6 Å². The molecule has 0 saturated heterocycles. The molecule has 0 saturated carbocycles. The highest BCUT2D eigenvalue weighted by atomic mass is 35.5. The summed E-state index contributed by atoms with van der Waals surface area (Å²) < 4.78 is 16.0. The molecule has 2 aromatic carbocycles. The molecular formula is C28H21Cl2FN4O2. The zero-order chi connectivity index (χ0) is 25.9. The number of aromatic amines is 1. The normalized spacial score (nSPS) is 11.1. The maximum Gasteiger partial charge on any atom is 0.251 e. The van der Waals surface area contributed by atoms with E-state index >= 15 is 0 Å². The van der Waals surface area contributed by atoms with Gasteiger partial charge in [-0.1, -0.05) is 41.4 Å². The van der Waals surface area contributed by atoms with Crippen molar-refractivity contribution in [3.05, 3.63) is 133 Å². The van der Waals surface area contributed by atoms with Crippen molar-refractivity contribution in [1.29, 1.82) is 0 Å². The molecule has 0 spiro atoms. The van der Waals surface area contributed by atoms with E-state index in [1.165, 1.54) is 12.1 Å². The number of hydrogen-bond donors (Lipinski definition) is 2. The molecule has 0 radical (unpaired) electrons. The molecule has 9 heteroatoms. The Balaban J connectivity index is 1.26. The summed E-state index contributed by atoms with van der Waals surface area (Å²) in [5, 5.41) is 4.49. The molecule has 5 aromatic rings. The molecule has 1 amide bonds. The van der Waals surface area contributed by atoms with E-state index in [-0.39, 0.29) is 18.0 Å². The molecule has 0 aliphatic carbocycles. The minimum Gasteiger partial charge on any atom is -0.360 e. The minimum absolute atomic E-state index is 0.0152. The van der Waals surface area contributed by atoms with Crippen molar-refractivity contribution in [1.82, 2.24) is 19.9 Å². The summed E-state index contributed by atoms with van der Waals surface area (Å²) in [5.41, 5.74) is 3.67. The van der Waals surface area contributed by atoms with E-state index in [0.29, 0.717) is 50.7 Å². The third kappa shape index (κ3) is 5.58. The van der Waals surface area contributed by atoms with Gasteiger partial charge >= 0.3 is 0 Å². The van der Waals surface area contributed by atoms with E-state index in [9.17, 15) is 14.0 Å². The van der Waals surface area contributed by atoms with Gasteiger partial charge in [0.15, 0.2) is 0 Å². The highest BCUT2D eigenvalue weighted by molar-refractivity contribution is 6.35. The van der Waals surface area contributed by atoms with Gasteiger partial charge < -0.3 is 14.9 Å². The fourth-order valence-electron chi connectivity index (χ4n) is 4.10. The molecule has 0 unspecified atom stereocenters. The van der Waals surface area contributed by atoms with E-state index in [4.69, 9.17) is 23.2 Å². The lowest BCUT2D eigenvalue weighted by molar-refractivity contribution is 0.0950. The van der Waals surface area contributed by atoms with Gasteiger partial charge in [0.25, 0.3) is 11.5 Å². The number of H-pyrrole nitrogens is 1. The van der Waals surface area contributed by atoms with E-state index in [0.717, 1.165) is 11.1 Å². The second-order valence-electron chi connectivity index (χ2n) is 8.61. The molecule has 186 valence electrons. The molecule has 37 heavy (non-hydrogen) atoms. The molecule has 5 rings (SSSR count). The topological polar surface area (TPSA) is 79.8 Å². The van der Waals surface area contributed by atoms with Crippen LogP contribution in [-0.2, 0) is 19.5 Å². The predicted molar refractivity (Wildman–Crippen MR) is 143 cm³/mol. The number of aromatic nitrogens is 3. The Labute approximate surface area is 221 Å². The SMILES string of the molecule is O=C(NCc1cc2c(Cl)c[nH]c2cc1F)c1ccnc(Cc2ccc(Cn3ccccc3=O)c(Cl)c2)c1. The minimum atomic E-state index is -0.431. The van der Waals surface area contributed by atoms with Gasteiger partial charge in [-0.3, -0.25) is 14.6 Å². The number of fused-ring (bicyclic) bond motifs is 1. The first-order valence-electron chi connectivity index (χ1n) is 11.5. The van der Waals surface area contributed by atoms with E-state index < -0.39 is 5.82 Å². The Morgan fingerprint density at radius 3 is 2.70 bits per heavy atom. The Morgan fingerprint density at radius 2 is 1.89 bits per heavy atom. The van der Waals surface area contributed by atoms with Crippen LogP contribution >= 0.6 is 23.2 Å². The Bertz CT molecular complexity index is 1680. The van der Waals surface area contributed by atoms with Crippen LogP contribution in [0.1, 0.15) is 32.7 Å². The van der Waals surface area contributed by atoms with Crippen LogP contribution < -0.4 is 10.9 Å². The zero-order valence-corrected chi connectivity index (χ0v) is 21.0. The van der Waals surface area contributed by atoms with Crippen LogP contribution in [0, 0.1) is 5.82 Å². The quantitative estimate of drug-likeness (QED) is 0.279. The van der Waals surface area contributed by atoms with Crippen LogP contribution in [0.2, 0.25) is 10.0 Å². The van der Waals surface area contributed by atoms with E-state index in [1.54, 1.807) is 53.5 Å². The van der Waals surface area contributed by atoms with Crippen molar-refractivity contribution >= 4 is 40.0 Å². The first kappa shape index (κ1) is 24.7. The van der Waals surface area contributed by atoms with Crippen molar-refractivity contribution < 1.29 is 9.18 Å². The van der Waals surface area contributed by atoms with Crippen LogP contribution in [0.5, 0.6) is 0 Å². The van der Waals surface area contributed by atoms with Gasteiger partial charge in [-0.25, -0.2) is 4.39 Å². The van der Waals surface area contributed by atoms with Gasteiger partial charge in [-0.05, 0) is 47.5 Å². The average Bonchev–Trinajstić information content (AvgIpc) is 3.24. The molecule has 0 aliphatic rings. The summed E-state index contributed by atoms with van der Waals surface area (Å²) in [6.07, 6.45) is 5.34. The lowest BCUT2D eigenvalue weighted by Gasteiger charge is -2.10. The summed E-state index contributed by atoms with van der Waals surface area (Å²) >= 11 is 12.6. The molecule has 0 atom stereocenters. The van der Waals surface area contributed by atoms with Gasteiger partial charge in [-0.2, -0.15) is 0 Å². The van der Waals surface area contributed by atoms with Crippen molar-refractivity contribution in [2.24, 2.45) is 0 Å². The molecule has 0 aliphatic heterocycles. The highest BCUT2D eigenvalue weighted by Gasteiger charge is 2.12. The Hall–Kier alpha value is -3.94. The number of rotatable bonds is 7. The summed E-state index contributed by atoms with van der Waals surface area (Å²) in [5.74, 6) is -0.774. The number of carbonyl (C=O) groups is 1. The monoisotopic (exact) mass is 534 g/mol. The molecule has 0 bridgehead atoms. The summed E-state index contributed by atoms with van der Waals surface area (Å²) in [6, 6.07) is 16.9. The summed E-state index contributed by atoms with van der Waals surface area (Å²) in [6.45, 7) is 0.387. The van der Waals surface area contributed by atoms with Crippen molar-refractivity contribution in [3.63, 3.8) is 0 Å². The van der Waals surface area contributed by atoms with Gasteiger partial charge in [0.1, 0.15) is 5.82 Å². The largest absolute Gasteiger partial charge is 0.360 e. The summed E-state index contributed by atoms with van der Waals surface area (Å²) in [4.78, 5) is 32.0. The average molecular weight is 535 g/mol. The number of pyridine rings is 2. The number of benzene rings is 2. The number of nitrogens with zero attached hydrogens (tertiary/aromatic N) is 2. The first-order chi connectivity index (χ1) is 17.9. The van der Waals surface area contributed by atoms with Crippen LogP contribution in [0.4, 0.5) is 4.39 Å². The fraction of sp³-hybridized carbons (Fsp3) is 0.107. The molecule has 2 N–H and O–H groups in total. The lowest BCUT2D eigenvalue weighted by Crippen LogP contribution is -2.23.